The fourth-order valence-electron chi connectivity index (χ4n) is 3.74. The first kappa shape index (κ1) is 24.1. The number of hydrogen-bond acceptors (Lipinski definition) is 4. The van der Waals surface area contributed by atoms with Crippen molar-refractivity contribution in [1.29, 1.82) is 0 Å². The number of rotatable bonds is 3. The third kappa shape index (κ3) is 5.06. The van der Waals surface area contributed by atoms with Gasteiger partial charge in [-0.3, -0.25) is 9.10 Å². The minimum absolute atomic E-state index is 0. The molecular weight excluding hydrogens is 450 g/mol. The highest BCUT2D eigenvalue weighted by Gasteiger charge is 2.35. The maximum absolute atomic E-state index is 13.7. The first-order valence-corrected chi connectivity index (χ1v) is 13.0. The van der Waals surface area contributed by atoms with Crippen LogP contribution in [0.4, 0.5) is 16.2 Å². The van der Waals surface area contributed by atoms with Crippen LogP contribution in [0.25, 0.3) is 0 Å². The fourth-order valence-corrected chi connectivity index (χ4v) is 5.67. The Morgan fingerprint density at radius 2 is 1.76 bits per heavy atom. The lowest BCUT2D eigenvalue weighted by Gasteiger charge is -2.31. The van der Waals surface area contributed by atoms with Gasteiger partial charge in [-0.25, -0.2) is 9.00 Å². The molecular formula is C26H35N3O4S. The summed E-state index contributed by atoms with van der Waals surface area (Å²) in [6.07, 6.45) is 0.403. The van der Waals surface area contributed by atoms with Crippen LogP contribution in [0.15, 0.2) is 47.4 Å². The lowest BCUT2D eigenvalue weighted by molar-refractivity contribution is -0.123. The number of carbonyl (C=O) groups excluding carboxylic acids is 2. The van der Waals surface area contributed by atoms with Crippen LogP contribution < -0.4 is 9.62 Å². The largest absolute Gasteiger partial charge is 0.444 e. The summed E-state index contributed by atoms with van der Waals surface area (Å²) < 4.78 is 21.0. The first-order valence-electron chi connectivity index (χ1n) is 11.5. The molecule has 0 aliphatic carbocycles. The molecule has 2 aromatic rings. The van der Waals surface area contributed by atoms with E-state index in [1.165, 1.54) is 0 Å². The monoisotopic (exact) mass is 485 g/mol. The van der Waals surface area contributed by atoms with Crippen LogP contribution in [0, 0.1) is 5.41 Å². The van der Waals surface area contributed by atoms with Gasteiger partial charge in [0.25, 0.3) is 0 Å². The third-order valence-corrected chi connectivity index (χ3v) is 7.81. The van der Waals surface area contributed by atoms with Crippen LogP contribution in [0.5, 0.6) is 0 Å². The van der Waals surface area contributed by atoms with Gasteiger partial charge in [-0.15, -0.1) is 0 Å². The second-order valence-corrected chi connectivity index (χ2v) is 13.0. The topological polar surface area (TPSA) is 78.7 Å². The zero-order valence-corrected chi connectivity index (χ0v) is 21.5. The lowest BCUT2D eigenvalue weighted by Crippen LogP contribution is -2.39. The molecule has 8 heteroatoms. The summed E-state index contributed by atoms with van der Waals surface area (Å²) in [5, 5.41) is 2.92. The molecule has 0 radical (unpaired) electrons. The molecule has 34 heavy (non-hydrogen) atoms. The fraction of sp³-hybridized carbons (Fsp3) is 0.423. The van der Waals surface area contributed by atoms with E-state index in [2.05, 4.69) is 5.32 Å². The molecule has 2 aromatic carbocycles. The Balaban J connectivity index is 0.00000342. The Labute approximate surface area is 203 Å². The number of anilines is 2. The minimum Gasteiger partial charge on any atom is -0.444 e. The van der Waals surface area contributed by atoms with Crippen molar-refractivity contribution in [3.63, 3.8) is 0 Å². The van der Waals surface area contributed by atoms with E-state index in [1.54, 1.807) is 14.7 Å². The number of nitrogens with one attached hydrogen (secondary N) is 1. The van der Waals surface area contributed by atoms with Gasteiger partial charge in [0.05, 0.1) is 16.1 Å². The lowest BCUT2D eigenvalue weighted by atomic mass is 9.95. The molecule has 0 saturated heterocycles. The van der Waals surface area contributed by atoms with E-state index < -0.39 is 20.7 Å². The van der Waals surface area contributed by atoms with Crippen molar-refractivity contribution in [3.8, 4) is 0 Å². The maximum atomic E-state index is 13.7. The zero-order valence-electron chi connectivity index (χ0n) is 20.7. The summed E-state index contributed by atoms with van der Waals surface area (Å²) in [5.41, 5.74) is 4.23. The molecule has 0 fully saturated rings. The normalized spacial score (nSPS) is 19.7. The summed E-state index contributed by atoms with van der Waals surface area (Å²) in [6.45, 7) is 12.2. The van der Waals surface area contributed by atoms with Gasteiger partial charge in [0.1, 0.15) is 15.3 Å². The summed E-state index contributed by atoms with van der Waals surface area (Å²) >= 11 is 0. The average molecular weight is 486 g/mol. The number of ether oxygens (including phenoxy) is 1. The molecule has 1 atom stereocenters. The van der Waals surface area contributed by atoms with Crippen LogP contribution in [-0.2, 0) is 32.2 Å². The Kier molecular flexibility index (Phi) is 5.92. The van der Waals surface area contributed by atoms with E-state index in [0.29, 0.717) is 23.7 Å². The Hall–Kier alpha value is -3.00. The Morgan fingerprint density at radius 1 is 1.03 bits per heavy atom. The van der Waals surface area contributed by atoms with Gasteiger partial charge in [-0.1, -0.05) is 32.9 Å². The van der Waals surface area contributed by atoms with E-state index in [1.807, 2.05) is 84.0 Å². The molecule has 1 N–H and O–H groups in total. The smallest absolute Gasteiger partial charge is 0.410 e. The van der Waals surface area contributed by atoms with Crippen molar-refractivity contribution < 1.29 is 20.0 Å². The highest BCUT2D eigenvalue weighted by atomic mass is 32.2. The number of hydrogen-bond donors (Lipinski definition) is 1. The second kappa shape index (κ2) is 8.34. The summed E-state index contributed by atoms with van der Waals surface area (Å²) in [5.74, 6) is -0.0793. The van der Waals surface area contributed by atoms with Crippen LogP contribution >= 0.6 is 0 Å². The highest BCUT2D eigenvalue weighted by Crippen LogP contribution is 2.35. The molecule has 2 aliphatic heterocycles. The van der Waals surface area contributed by atoms with Gasteiger partial charge in [0, 0.05) is 25.6 Å². The molecule has 0 aromatic heterocycles. The molecule has 2 heterocycles. The van der Waals surface area contributed by atoms with Crippen molar-refractivity contribution in [2.45, 2.75) is 65.0 Å². The number of carbonyl (C=O) groups is 2. The number of fused-ring (bicyclic) bond motifs is 1. The first-order chi connectivity index (χ1) is 15.8. The zero-order chi connectivity index (χ0) is 24.9. The summed E-state index contributed by atoms with van der Waals surface area (Å²) in [4.78, 5) is 27.3. The molecule has 1 unspecified atom stereocenters. The molecule has 184 valence electrons. The van der Waals surface area contributed by atoms with E-state index in [0.717, 1.165) is 23.2 Å². The van der Waals surface area contributed by atoms with E-state index >= 15 is 0 Å². The van der Waals surface area contributed by atoms with E-state index in [4.69, 9.17) is 4.74 Å². The second-order valence-electron chi connectivity index (χ2n) is 10.8. The molecule has 0 saturated carbocycles. The van der Waals surface area contributed by atoms with Gasteiger partial charge in [-0.05, 0) is 68.7 Å². The van der Waals surface area contributed by atoms with Gasteiger partial charge in [-0.2, -0.15) is 0 Å². The summed E-state index contributed by atoms with van der Waals surface area (Å²) in [6, 6.07) is 13.2. The van der Waals surface area contributed by atoms with Crippen LogP contribution in [0.3, 0.4) is 0 Å². The van der Waals surface area contributed by atoms with E-state index in [-0.39, 0.29) is 13.4 Å². The maximum Gasteiger partial charge on any atom is 0.410 e. The van der Waals surface area contributed by atoms with Gasteiger partial charge < -0.3 is 15.0 Å². The highest BCUT2D eigenvalue weighted by molar-refractivity contribution is 8.11. The van der Waals surface area contributed by atoms with Crippen molar-refractivity contribution in [1.82, 2.24) is 4.90 Å². The van der Waals surface area contributed by atoms with Gasteiger partial charge >= 0.3 is 6.09 Å². The van der Waals surface area contributed by atoms with Crippen molar-refractivity contribution in [2.24, 2.45) is 5.41 Å². The molecule has 7 nitrogen and oxygen atoms in total. The molecule has 0 bridgehead atoms. The standard InChI is InChI=1S/C26H33N3O4S.H2/c1-25(2,3)23(30)27-20-8-7-9-21(15-20)29-17-34(29,32)22-11-10-18-12-13-28(16-19(18)14-22)24(31)33-26(4,5)6;/h7-11,14-15,17H,12-13,16H2,1-6H3,(H,27,30);1H. The Bertz CT molecular complexity index is 1270. The SMILES string of the molecule is CC(C)(C)OC(=O)N1CCc2ccc(S3(=O)=CN3c3cccc(NC(=O)C(C)(C)C)c3)cc2C1.[HH]. The van der Waals surface area contributed by atoms with Gasteiger partial charge in [0.15, 0.2) is 0 Å². The van der Waals surface area contributed by atoms with Crippen LogP contribution in [-0.4, -0.2) is 38.7 Å². The van der Waals surface area contributed by atoms with Crippen LogP contribution in [0.1, 0.15) is 54.1 Å². The summed E-state index contributed by atoms with van der Waals surface area (Å²) in [7, 11) is -2.51. The predicted octanol–water partition coefficient (Wildman–Crippen LogP) is 5.05. The predicted molar refractivity (Wildman–Crippen MR) is 138 cm³/mol. The number of nitrogens with zero attached hydrogens (tertiary/aromatic N) is 2. The Morgan fingerprint density at radius 3 is 2.44 bits per heavy atom. The molecule has 2 amide bonds. The minimum atomic E-state index is -2.51. The van der Waals surface area contributed by atoms with Gasteiger partial charge in [0.2, 0.25) is 5.91 Å². The third-order valence-electron chi connectivity index (χ3n) is 5.70. The number of amides is 2. The average Bonchev–Trinajstić information content (AvgIpc) is 3.44. The van der Waals surface area contributed by atoms with Crippen molar-refractivity contribution >= 4 is 38.6 Å². The van der Waals surface area contributed by atoms with Crippen molar-refractivity contribution in [2.75, 3.05) is 16.2 Å². The molecule has 2 aliphatic rings. The van der Waals surface area contributed by atoms with Crippen molar-refractivity contribution in [3.05, 3.63) is 53.6 Å². The quantitative estimate of drug-likeness (QED) is 0.617. The van der Waals surface area contributed by atoms with E-state index in [9.17, 15) is 13.8 Å². The molecule has 0 spiro atoms. The van der Waals surface area contributed by atoms with Crippen LogP contribution in [0.2, 0.25) is 0 Å². The molecule has 4 rings (SSSR count). The number of benzene rings is 2.